The van der Waals surface area contributed by atoms with Crippen LogP contribution in [0.1, 0.15) is 29.8 Å². The Balaban J connectivity index is 1.60. The van der Waals surface area contributed by atoms with Gasteiger partial charge >= 0.3 is 0 Å². The smallest absolute Gasteiger partial charge is 0.255 e. The fourth-order valence-electron chi connectivity index (χ4n) is 2.85. The van der Waals surface area contributed by atoms with Crippen LogP contribution in [-0.2, 0) is 11.3 Å². The molecule has 0 aliphatic carbocycles. The van der Waals surface area contributed by atoms with Gasteiger partial charge in [-0.05, 0) is 25.5 Å². The van der Waals surface area contributed by atoms with Gasteiger partial charge < -0.3 is 14.4 Å². The monoisotopic (exact) mass is 326 g/mol. The summed E-state index contributed by atoms with van der Waals surface area (Å²) in [6.45, 7) is 5.63. The fraction of sp³-hybridized carbons (Fsp3) is 0.368. The van der Waals surface area contributed by atoms with Gasteiger partial charge in [0.1, 0.15) is 6.61 Å². The van der Waals surface area contributed by atoms with Crippen molar-refractivity contribution < 1.29 is 14.3 Å². The number of pyridine rings is 1. The van der Waals surface area contributed by atoms with E-state index in [1.165, 1.54) is 0 Å². The number of carbonyl (C=O) groups excluding carboxylic acids is 1. The number of aromatic nitrogens is 1. The number of nitrogens with zero attached hydrogens (tertiary/aromatic N) is 2. The Bertz CT molecular complexity index is 663. The molecular weight excluding hydrogens is 304 g/mol. The lowest BCUT2D eigenvalue weighted by molar-refractivity contribution is -0.0586. The molecule has 1 fully saturated rings. The fourth-order valence-corrected chi connectivity index (χ4v) is 2.85. The number of morpholine rings is 1. The van der Waals surface area contributed by atoms with E-state index in [9.17, 15) is 4.79 Å². The van der Waals surface area contributed by atoms with E-state index in [-0.39, 0.29) is 18.1 Å². The first-order valence-electron chi connectivity index (χ1n) is 8.19. The van der Waals surface area contributed by atoms with E-state index >= 15 is 0 Å². The summed E-state index contributed by atoms with van der Waals surface area (Å²) in [7, 11) is 0. The van der Waals surface area contributed by atoms with Crippen molar-refractivity contribution in [3.05, 3.63) is 59.8 Å². The van der Waals surface area contributed by atoms with Gasteiger partial charge in [0.25, 0.3) is 5.91 Å². The van der Waals surface area contributed by atoms with E-state index in [4.69, 9.17) is 9.47 Å². The standard InChI is InChI=1S/C19H22N2O3/c1-14-11-21(12-15(2)24-14)19(22)17-8-9-18(20-10-17)23-13-16-6-4-3-5-7-16/h3-10,14-15H,11-13H2,1-2H3. The second-order valence-corrected chi connectivity index (χ2v) is 6.13. The van der Waals surface area contributed by atoms with Gasteiger partial charge in [-0.1, -0.05) is 30.3 Å². The van der Waals surface area contributed by atoms with Gasteiger partial charge in [-0.3, -0.25) is 4.79 Å². The maximum atomic E-state index is 12.6. The number of amides is 1. The molecule has 1 aliphatic heterocycles. The van der Waals surface area contributed by atoms with Crippen LogP contribution in [0.4, 0.5) is 0 Å². The van der Waals surface area contributed by atoms with E-state index in [2.05, 4.69) is 4.98 Å². The van der Waals surface area contributed by atoms with Crippen molar-refractivity contribution in [2.24, 2.45) is 0 Å². The second-order valence-electron chi connectivity index (χ2n) is 6.13. The van der Waals surface area contributed by atoms with Gasteiger partial charge in [0.05, 0.1) is 17.8 Å². The molecule has 0 bridgehead atoms. The highest BCUT2D eigenvalue weighted by Gasteiger charge is 2.26. The molecule has 0 radical (unpaired) electrons. The molecule has 0 spiro atoms. The van der Waals surface area contributed by atoms with Crippen LogP contribution in [0.3, 0.4) is 0 Å². The van der Waals surface area contributed by atoms with E-state index < -0.39 is 0 Å². The average molecular weight is 326 g/mol. The molecule has 3 rings (SSSR count). The zero-order chi connectivity index (χ0) is 16.9. The van der Waals surface area contributed by atoms with Gasteiger partial charge in [-0.25, -0.2) is 4.98 Å². The van der Waals surface area contributed by atoms with Crippen LogP contribution in [0.25, 0.3) is 0 Å². The van der Waals surface area contributed by atoms with Crippen molar-refractivity contribution >= 4 is 5.91 Å². The first-order chi connectivity index (χ1) is 11.6. The third-order valence-electron chi connectivity index (χ3n) is 3.92. The minimum atomic E-state index is -0.0147. The maximum absolute atomic E-state index is 12.6. The normalized spacial score (nSPS) is 20.7. The van der Waals surface area contributed by atoms with Crippen LogP contribution < -0.4 is 4.74 Å². The predicted molar refractivity (Wildman–Crippen MR) is 90.9 cm³/mol. The molecular formula is C19H22N2O3. The molecule has 1 aromatic heterocycles. The molecule has 0 saturated carbocycles. The second kappa shape index (κ2) is 7.45. The van der Waals surface area contributed by atoms with Gasteiger partial charge in [0, 0.05) is 25.4 Å². The molecule has 2 atom stereocenters. The molecule has 2 unspecified atom stereocenters. The largest absolute Gasteiger partial charge is 0.473 e. The molecule has 0 N–H and O–H groups in total. The minimum absolute atomic E-state index is 0.0147. The Hall–Kier alpha value is -2.40. The average Bonchev–Trinajstić information content (AvgIpc) is 2.60. The van der Waals surface area contributed by atoms with Crippen molar-refractivity contribution in [1.82, 2.24) is 9.88 Å². The van der Waals surface area contributed by atoms with E-state index in [1.807, 2.05) is 49.1 Å². The maximum Gasteiger partial charge on any atom is 0.255 e. The number of carbonyl (C=O) groups is 1. The van der Waals surface area contributed by atoms with E-state index in [0.29, 0.717) is 31.1 Å². The molecule has 1 amide bonds. The Morgan fingerprint density at radius 2 is 1.88 bits per heavy atom. The third-order valence-corrected chi connectivity index (χ3v) is 3.92. The highest BCUT2D eigenvalue weighted by Crippen LogP contribution is 2.16. The molecule has 1 aromatic carbocycles. The summed E-state index contributed by atoms with van der Waals surface area (Å²) >= 11 is 0. The summed E-state index contributed by atoms with van der Waals surface area (Å²) in [5.41, 5.74) is 1.65. The van der Waals surface area contributed by atoms with Crippen molar-refractivity contribution in [1.29, 1.82) is 0 Å². The van der Waals surface area contributed by atoms with Gasteiger partial charge in [-0.2, -0.15) is 0 Å². The summed E-state index contributed by atoms with van der Waals surface area (Å²) in [5, 5.41) is 0. The quantitative estimate of drug-likeness (QED) is 0.867. The highest BCUT2D eigenvalue weighted by molar-refractivity contribution is 5.94. The van der Waals surface area contributed by atoms with Gasteiger partial charge in [0.2, 0.25) is 5.88 Å². The minimum Gasteiger partial charge on any atom is -0.473 e. The lowest BCUT2D eigenvalue weighted by atomic mass is 10.2. The molecule has 1 aliphatic rings. The molecule has 126 valence electrons. The van der Waals surface area contributed by atoms with Crippen LogP contribution >= 0.6 is 0 Å². The molecule has 2 aromatic rings. The first kappa shape index (κ1) is 16.5. The van der Waals surface area contributed by atoms with Crippen LogP contribution in [0.5, 0.6) is 5.88 Å². The van der Waals surface area contributed by atoms with Crippen molar-refractivity contribution in [2.75, 3.05) is 13.1 Å². The Labute approximate surface area is 142 Å². The molecule has 1 saturated heterocycles. The lowest BCUT2D eigenvalue weighted by Crippen LogP contribution is -2.48. The summed E-state index contributed by atoms with van der Waals surface area (Å²) < 4.78 is 11.3. The number of benzene rings is 1. The summed E-state index contributed by atoms with van der Waals surface area (Å²) in [5.74, 6) is 0.498. The van der Waals surface area contributed by atoms with Crippen LogP contribution in [0, 0.1) is 0 Å². The lowest BCUT2D eigenvalue weighted by Gasteiger charge is -2.35. The summed E-state index contributed by atoms with van der Waals surface area (Å²) in [6, 6.07) is 13.4. The SMILES string of the molecule is CC1CN(C(=O)c2ccc(OCc3ccccc3)nc2)CC(C)O1. The van der Waals surface area contributed by atoms with Crippen LogP contribution in [0.2, 0.25) is 0 Å². The van der Waals surface area contributed by atoms with E-state index in [1.54, 1.807) is 18.3 Å². The Morgan fingerprint density at radius 1 is 1.17 bits per heavy atom. The number of ether oxygens (including phenoxy) is 2. The summed E-state index contributed by atoms with van der Waals surface area (Å²) in [4.78, 5) is 18.6. The van der Waals surface area contributed by atoms with Gasteiger partial charge in [-0.15, -0.1) is 0 Å². The topological polar surface area (TPSA) is 51.7 Å². The third kappa shape index (κ3) is 4.11. The number of rotatable bonds is 4. The van der Waals surface area contributed by atoms with Crippen molar-refractivity contribution in [2.45, 2.75) is 32.7 Å². The predicted octanol–water partition coefficient (Wildman–Crippen LogP) is 2.91. The molecule has 5 nitrogen and oxygen atoms in total. The number of hydrogen-bond donors (Lipinski definition) is 0. The first-order valence-corrected chi connectivity index (χ1v) is 8.19. The van der Waals surface area contributed by atoms with Crippen LogP contribution in [-0.4, -0.2) is 41.1 Å². The zero-order valence-corrected chi connectivity index (χ0v) is 14.0. The van der Waals surface area contributed by atoms with Gasteiger partial charge in [0.15, 0.2) is 0 Å². The molecule has 2 heterocycles. The zero-order valence-electron chi connectivity index (χ0n) is 14.0. The number of hydrogen-bond acceptors (Lipinski definition) is 4. The summed E-state index contributed by atoms with van der Waals surface area (Å²) in [6.07, 6.45) is 1.69. The Kier molecular flexibility index (Phi) is 5.11. The van der Waals surface area contributed by atoms with Crippen molar-refractivity contribution in [3.8, 4) is 5.88 Å². The molecule has 5 heteroatoms. The Morgan fingerprint density at radius 3 is 2.50 bits per heavy atom. The van der Waals surface area contributed by atoms with Crippen LogP contribution in [0.15, 0.2) is 48.7 Å². The van der Waals surface area contributed by atoms with Crippen molar-refractivity contribution in [3.63, 3.8) is 0 Å². The molecule has 24 heavy (non-hydrogen) atoms. The highest BCUT2D eigenvalue weighted by atomic mass is 16.5. The van der Waals surface area contributed by atoms with E-state index in [0.717, 1.165) is 5.56 Å².